The summed E-state index contributed by atoms with van der Waals surface area (Å²) in [6.07, 6.45) is 0.481. The lowest BCUT2D eigenvalue weighted by atomic mass is 10.3. The van der Waals surface area contributed by atoms with Crippen molar-refractivity contribution in [1.82, 2.24) is 0 Å². The van der Waals surface area contributed by atoms with Crippen molar-refractivity contribution >= 4 is 27.0 Å². The predicted molar refractivity (Wildman–Crippen MR) is 77.1 cm³/mol. The molecule has 0 saturated carbocycles. The molecule has 0 aliphatic rings. The summed E-state index contributed by atoms with van der Waals surface area (Å²) in [5.74, 6) is 0. The lowest BCUT2D eigenvalue weighted by Crippen LogP contribution is -2.25. The number of aliphatic hydroxyl groups excluding tert-OH is 1. The summed E-state index contributed by atoms with van der Waals surface area (Å²) in [4.78, 5) is 0.863. The standard InChI is InChI=1S/C13H15NO3S2/c1-14(11-5-3-2-4-6-11)19(16,17)13-8-7-12(18-13)9-10-15/h2-8,15H,9-10H2,1H3. The number of para-hydroxylation sites is 1. The van der Waals surface area contributed by atoms with Crippen molar-refractivity contribution < 1.29 is 13.5 Å². The molecule has 1 heterocycles. The van der Waals surface area contributed by atoms with Crippen LogP contribution in [0, 0.1) is 0 Å². The minimum atomic E-state index is -3.52. The minimum absolute atomic E-state index is 0.0223. The number of rotatable bonds is 5. The number of thiophene rings is 1. The first kappa shape index (κ1) is 14.0. The smallest absolute Gasteiger partial charge is 0.273 e. The fraction of sp³-hybridized carbons (Fsp3) is 0.231. The van der Waals surface area contributed by atoms with E-state index in [1.165, 1.54) is 22.7 Å². The maximum Gasteiger partial charge on any atom is 0.273 e. The van der Waals surface area contributed by atoms with Gasteiger partial charge in [0.1, 0.15) is 4.21 Å². The van der Waals surface area contributed by atoms with E-state index in [1.807, 2.05) is 6.07 Å². The molecule has 0 fully saturated rings. The number of benzene rings is 1. The molecular formula is C13H15NO3S2. The number of hydrogen-bond acceptors (Lipinski definition) is 4. The van der Waals surface area contributed by atoms with Gasteiger partial charge in [0.25, 0.3) is 10.0 Å². The highest BCUT2D eigenvalue weighted by atomic mass is 32.2. The molecule has 0 aliphatic heterocycles. The second-order valence-corrected chi connectivity index (χ2v) is 7.37. The molecule has 1 N–H and O–H groups in total. The molecule has 4 nitrogen and oxygen atoms in total. The Labute approximate surface area is 117 Å². The summed E-state index contributed by atoms with van der Waals surface area (Å²) in [6, 6.07) is 12.3. The maximum absolute atomic E-state index is 12.4. The van der Waals surface area contributed by atoms with Crippen LogP contribution in [-0.2, 0) is 16.4 Å². The summed E-state index contributed by atoms with van der Waals surface area (Å²) in [7, 11) is -1.98. The van der Waals surface area contributed by atoms with E-state index < -0.39 is 10.0 Å². The zero-order chi connectivity index (χ0) is 13.9. The molecule has 0 spiro atoms. The molecule has 0 atom stereocenters. The van der Waals surface area contributed by atoms with Crippen LogP contribution in [0.2, 0.25) is 0 Å². The van der Waals surface area contributed by atoms with Gasteiger partial charge in [0, 0.05) is 25.0 Å². The monoisotopic (exact) mass is 297 g/mol. The van der Waals surface area contributed by atoms with Gasteiger partial charge in [-0.25, -0.2) is 8.42 Å². The largest absolute Gasteiger partial charge is 0.396 e. The van der Waals surface area contributed by atoms with Gasteiger partial charge in [0.05, 0.1) is 5.69 Å². The topological polar surface area (TPSA) is 57.6 Å². The fourth-order valence-electron chi connectivity index (χ4n) is 1.65. The molecule has 2 aromatic rings. The van der Waals surface area contributed by atoms with Crippen LogP contribution in [0.4, 0.5) is 5.69 Å². The minimum Gasteiger partial charge on any atom is -0.396 e. The summed E-state index contributed by atoms with van der Waals surface area (Å²) in [6.45, 7) is 0.0223. The van der Waals surface area contributed by atoms with Crippen LogP contribution in [0.3, 0.4) is 0 Å². The van der Waals surface area contributed by atoms with E-state index in [9.17, 15) is 8.42 Å². The number of aliphatic hydroxyl groups is 1. The van der Waals surface area contributed by atoms with Gasteiger partial charge in [0.2, 0.25) is 0 Å². The highest BCUT2D eigenvalue weighted by Gasteiger charge is 2.22. The Morgan fingerprint density at radius 2 is 1.84 bits per heavy atom. The molecule has 0 saturated heterocycles. The van der Waals surface area contributed by atoms with Crippen LogP contribution in [0.25, 0.3) is 0 Å². The zero-order valence-corrected chi connectivity index (χ0v) is 12.1. The first-order valence-electron chi connectivity index (χ1n) is 5.79. The van der Waals surface area contributed by atoms with Crippen molar-refractivity contribution in [1.29, 1.82) is 0 Å². The van der Waals surface area contributed by atoms with Gasteiger partial charge < -0.3 is 5.11 Å². The van der Waals surface area contributed by atoms with E-state index in [0.29, 0.717) is 16.3 Å². The lowest BCUT2D eigenvalue weighted by molar-refractivity contribution is 0.300. The molecule has 2 rings (SSSR count). The van der Waals surface area contributed by atoms with Gasteiger partial charge in [-0.15, -0.1) is 11.3 Å². The van der Waals surface area contributed by atoms with Crippen molar-refractivity contribution in [2.45, 2.75) is 10.6 Å². The van der Waals surface area contributed by atoms with Crippen LogP contribution in [-0.4, -0.2) is 27.2 Å². The Kier molecular flexibility index (Phi) is 4.24. The molecule has 19 heavy (non-hydrogen) atoms. The Morgan fingerprint density at radius 1 is 1.16 bits per heavy atom. The second kappa shape index (κ2) is 5.73. The molecular weight excluding hydrogens is 282 g/mol. The summed E-state index contributed by atoms with van der Waals surface area (Å²) in [5.41, 5.74) is 0.625. The Morgan fingerprint density at radius 3 is 2.47 bits per heavy atom. The van der Waals surface area contributed by atoms with Crippen LogP contribution in [0.15, 0.2) is 46.7 Å². The number of hydrogen-bond donors (Lipinski definition) is 1. The number of anilines is 1. The van der Waals surface area contributed by atoms with Crippen LogP contribution in [0.5, 0.6) is 0 Å². The highest BCUT2D eigenvalue weighted by molar-refractivity contribution is 7.94. The Balaban J connectivity index is 2.31. The summed E-state index contributed by atoms with van der Waals surface area (Å²) in [5, 5.41) is 8.87. The second-order valence-electron chi connectivity index (χ2n) is 4.00. The van der Waals surface area contributed by atoms with E-state index in [0.717, 1.165) is 4.88 Å². The molecule has 0 aliphatic carbocycles. The molecule has 0 radical (unpaired) electrons. The normalized spacial score (nSPS) is 11.5. The van der Waals surface area contributed by atoms with Crippen molar-refractivity contribution in [3.63, 3.8) is 0 Å². The van der Waals surface area contributed by atoms with Gasteiger partial charge in [-0.1, -0.05) is 18.2 Å². The molecule has 0 amide bonds. The van der Waals surface area contributed by atoms with Crippen LogP contribution in [0.1, 0.15) is 4.88 Å². The average molecular weight is 297 g/mol. The number of nitrogens with zero attached hydrogens (tertiary/aromatic N) is 1. The Hall–Kier alpha value is -1.37. The van der Waals surface area contributed by atoms with E-state index in [1.54, 1.807) is 36.4 Å². The first-order valence-corrected chi connectivity index (χ1v) is 8.05. The SMILES string of the molecule is CN(c1ccccc1)S(=O)(=O)c1ccc(CCO)s1. The van der Waals surface area contributed by atoms with Crippen LogP contribution < -0.4 is 4.31 Å². The van der Waals surface area contributed by atoms with Gasteiger partial charge in [-0.05, 0) is 24.3 Å². The third kappa shape index (κ3) is 2.97. The molecule has 6 heteroatoms. The quantitative estimate of drug-likeness (QED) is 0.919. The third-order valence-corrected chi connectivity index (χ3v) is 6.13. The Bertz CT molecular complexity index is 635. The molecule has 102 valence electrons. The van der Waals surface area contributed by atoms with Gasteiger partial charge in [-0.2, -0.15) is 0 Å². The maximum atomic E-state index is 12.4. The van der Waals surface area contributed by atoms with Crippen molar-refractivity contribution in [2.75, 3.05) is 18.0 Å². The van der Waals surface area contributed by atoms with Crippen molar-refractivity contribution in [2.24, 2.45) is 0 Å². The van der Waals surface area contributed by atoms with Crippen LogP contribution >= 0.6 is 11.3 Å². The van der Waals surface area contributed by atoms with Crippen molar-refractivity contribution in [3.8, 4) is 0 Å². The predicted octanol–water partition coefficient (Wildman–Crippen LogP) is 2.11. The summed E-state index contributed by atoms with van der Waals surface area (Å²) >= 11 is 1.20. The van der Waals surface area contributed by atoms with E-state index >= 15 is 0 Å². The molecule has 0 bridgehead atoms. The average Bonchev–Trinajstić information content (AvgIpc) is 2.89. The third-order valence-electron chi connectivity index (χ3n) is 2.73. The van der Waals surface area contributed by atoms with E-state index in [-0.39, 0.29) is 6.61 Å². The molecule has 1 aromatic heterocycles. The lowest BCUT2D eigenvalue weighted by Gasteiger charge is -2.18. The number of sulfonamides is 1. The van der Waals surface area contributed by atoms with E-state index in [2.05, 4.69) is 0 Å². The summed E-state index contributed by atoms with van der Waals surface area (Å²) < 4.78 is 26.4. The van der Waals surface area contributed by atoms with Crippen molar-refractivity contribution in [3.05, 3.63) is 47.3 Å². The first-order chi connectivity index (χ1) is 9.05. The zero-order valence-electron chi connectivity index (χ0n) is 10.5. The molecule has 0 unspecified atom stereocenters. The van der Waals surface area contributed by atoms with Gasteiger partial charge in [0.15, 0.2) is 0 Å². The van der Waals surface area contributed by atoms with Gasteiger partial charge in [-0.3, -0.25) is 4.31 Å². The fourth-order valence-corrected chi connectivity index (χ4v) is 4.36. The van der Waals surface area contributed by atoms with Gasteiger partial charge >= 0.3 is 0 Å². The molecule has 1 aromatic carbocycles. The highest BCUT2D eigenvalue weighted by Crippen LogP contribution is 2.27. The van der Waals surface area contributed by atoms with E-state index in [4.69, 9.17) is 5.11 Å².